The maximum atomic E-state index is 12.5. The van der Waals surface area contributed by atoms with E-state index in [9.17, 15) is 4.79 Å². The number of pyridine rings is 1. The third-order valence-corrected chi connectivity index (χ3v) is 3.03. The van der Waals surface area contributed by atoms with Crippen LogP contribution in [0.3, 0.4) is 0 Å². The van der Waals surface area contributed by atoms with Gasteiger partial charge in [0, 0.05) is 38.2 Å². The second-order valence-corrected chi connectivity index (χ2v) is 5.19. The van der Waals surface area contributed by atoms with Crippen molar-refractivity contribution in [1.82, 2.24) is 19.7 Å². The van der Waals surface area contributed by atoms with Gasteiger partial charge in [0.25, 0.3) is 5.91 Å². The lowest BCUT2D eigenvalue weighted by Crippen LogP contribution is -2.31. The summed E-state index contributed by atoms with van der Waals surface area (Å²) in [6.45, 7) is 5.30. The van der Waals surface area contributed by atoms with E-state index >= 15 is 0 Å². The number of nitrogens with zero attached hydrogens (tertiary/aromatic N) is 4. The molecular formula is C15H21N5O. The van der Waals surface area contributed by atoms with Crippen LogP contribution < -0.4 is 5.32 Å². The predicted molar refractivity (Wildman–Crippen MR) is 82.2 cm³/mol. The van der Waals surface area contributed by atoms with Gasteiger partial charge < -0.3 is 10.2 Å². The van der Waals surface area contributed by atoms with Crippen LogP contribution in [0.2, 0.25) is 0 Å². The molecule has 0 aliphatic heterocycles. The minimum atomic E-state index is -0.0431. The molecule has 0 aliphatic rings. The Morgan fingerprint density at radius 2 is 2.19 bits per heavy atom. The fraction of sp³-hybridized carbons (Fsp3) is 0.400. The summed E-state index contributed by atoms with van der Waals surface area (Å²) >= 11 is 0. The zero-order valence-electron chi connectivity index (χ0n) is 12.7. The van der Waals surface area contributed by atoms with Crippen molar-refractivity contribution in [1.29, 1.82) is 0 Å². The number of carbonyl (C=O) groups excluding carboxylic acids is 1. The average Bonchev–Trinajstić information content (AvgIpc) is 2.97. The Morgan fingerprint density at radius 3 is 2.86 bits per heavy atom. The van der Waals surface area contributed by atoms with E-state index in [4.69, 9.17) is 0 Å². The Labute approximate surface area is 124 Å². The number of aromatic nitrogens is 3. The topological polar surface area (TPSA) is 63.1 Å². The van der Waals surface area contributed by atoms with Gasteiger partial charge in [0.15, 0.2) is 0 Å². The highest BCUT2D eigenvalue weighted by molar-refractivity contribution is 5.98. The van der Waals surface area contributed by atoms with Crippen LogP contribution in [0.15, 0.2) is 36.8 Å². The lowest BCUT2D eigenvalue weighted by molar-refractivity contribution is 0.0789. The van der Waals surface area contributed by atoms with Crippen molar-refractivity contribution in [2.45, 2.75) is 26.4 Å². The smallest absolute Gasteiger partial charge is 0.257 e. The Kier molecular flexibility index (Phi) is 4.92. The summed E-state index contributed by atoms with van der Waals surface area (Å²) < 4.78 is 1.81. The van der Waals surface area contributed by atoms with Crippen LogP contribution in [0.5, 0.6) is 0 Å². The van der Waals surface area contributed by atoms with E-state index in [1.807, 2.05) is 26.1 Å². The van der Waals surface area contributed by atoms with Gasteiger partial charge in [-0.05, 0) is 32.0 Å². The van der Waals surface area contributed by atoms with Crippen LogP contribution in [0.25, 0.3) is 0 Å². The monoisotopic (exact) mass is 287 g/mol. The predicted octanol–water partition coefficient (Wildman–Crippen LogP) is 1.87. The normalized spacial score (nSPS) is 10.7. The number of anilines is 1. The molecule has 2 aromatic rings. The van der Waals surface area contributed by atoms with Crippen LogP contribution in [0.4, 0.5) is 5.82 Å². The molecule has 0 radical (unpaired) electrons. The Balaban J connectivity index is 2.04. The maximum absolute atomic E-state index is 12.5. The second kappa shape index (κ2) is 6.88. The van der Waals surface area contributed by atoms with Gasteiger partial charge in [-0.1, -0.05) is 0 Å². The zero-order chi connectivity index (χ0) is 15.2. The highest BCUT2D eigenvalue weighted by atomic mass is 16.2. The van der Waals surface area contributed by atoms with Crippen LogP contribution in [-0.4, -0.2) is 45.2 Å². The summed E-state index contributed by atoms with van der Waals surface area (Å²) in [6.07, 6.45) is 5.30. The van der Waals surface area contributed by atoms with Gasteiger partial charge in [-0.3, -0.25) is 9.48 Å². The number of nitrogens with one attached hydrogen (secondary N) is 1. The van der Waals surface area contributed by atoms with E-state index in [0.717, 1.165) is 0 Å². The maximum Gasteiger partial charge on any atom is 0.257 e. The Bertz CT molecular complexity index is 580. The molecule has 6 heteroatoms. The van der Waals surface area contributed by atoms with E-state index < -0.39 is 0 Å². The van der Waals surface area contributed by atoms with E-state index in [0.29, 0.717) is 24.5 Å². The third-order valence-electron chi connectivity index (χ3n) is 3.03. The molecule has 1 N–H and O–H groups in total. The highest BCUT2D eigenvalue weighted by Gasteiger charge is 2.16. The summed E-state index contributed by atoms with van der Waals surface area (Å²) in [6, 6.07) is 5.67. The molecule has 2 rings (SSSR count). The first-order chi connectivity index (χ1) is 10.1. The fourth-order valence-corrected chi connectivity index (χ4v) is 1.96. The molecule has 112 valence electrons. The molecule has 2 aromatic heterocycles. The summed E-state index contributed by atoms with van der Waals surface area (Å²) in [5.74, 6) is 0.585. The largest absolute Gasteiger partial charge is 0.367 e. The van der Waals surface area contributed by atoms with Gasteiger partial charge in [-0.25, -0.2) is 4.98 Å². The van der Waals surface area contributed by atoms with Crippen LogP contribution in [0.1, 0.15) is 24.2 Å². The molecule has 6 nitrogen and oxygen atoms in total. The number of rotatable bonds is 6. The number of amides is 1. The van der Waals surface area contributed by atoms with Crippen molar-refractivity contribution >= 4 is 11.7 Å². The molecule has 0 atom stereocenters. The summed E-state index contributed by atoms with van der Waals surface area (Å²) in [5.41, 5.74) is 0.592. The number of hydrogen-bond acceptors (Lipinski definition) is 4. The lowest BCUT2D eigenvalue weighted by atomic mass is 10.2. The first-order valence-corrected chi connectivity index (χ1v) is 7.02. The molecule has 0 saturated carbocycles. The van der Waals surface area contributed by atoms with Crippen LogP contribution in [-0.2, 0) is 6.54 Å². The van der Waals surface area contributed by atoms with Crippen molar-refractivity contribution in [2.24, 2.45) is 0 Å². The quantitative estimate of drug-likeness (QED) is 0.881. The standard InChI is InChI=1S/C15H21N5O/c1-12(2)18-14-13(6-4-7-16-14)15(21)19(3)10-11-20-9-5-8-17-20/h4-9,12H,10-11H2,1-3H3,(H,16,18). The molecule has 0 unspecified atom stereocenters. The summed E-state index contributed by atoms with van der Waals surface area (Å²) in [5, 5.41) is 7.33. The molecule has 0 aromatic carbocycles. The van der Waals surface area contributed by atoms with Crippen molar-refractivity contribution in [2.75, 3.05) is 18.9 Å². The molecule has 0 bridgehead atoms. The number of carbonyl (C=O) groups is 1. The molecule has 1 amide bonds. The second-order valence-electron chi connectivity index (χ2n) is 5.19. The van der Waals surface area contributed by atoms with Gasteiger partial charge in [-0.15, -0.1) is 0 Å². The summed E-state index contributed by atoms with van der Waals surface area (Å²) in [4.78, 5) is 18.5. The lowest BCUT2D eigenvalue weighted by Gasteiger charge is -2.19. The number of likely N-dealkylation sites (N-methyl/N-ethyl adjacent to an activating group) is 1. The molecular weight excluding hydrogens is 266 g/mol. The third kappa shape index (κ3) is 4.05. The van der Waals surface area contributed by atoms with Crippen LogP contribution in [0, 0.1) is 0 Å². The van der Waals surface area contributed by atoms with Crippen LogP contribution >= 0.6 is 0 Å². The van der Waals surface area contributed by atoms with Crippen molar-refractivity contribution in [3.05, 3.63) is 42.4 Å². The van der Waals surface area contributed by atoms with E-state index in [1.165, 1.54) is 0 Å². The first kappa shape index (κ1) is 15.0. The van der Waals surface area contributed by atoms with Gasteiger partial charge in [0.1, 0.15) is 5.82 Å². The van der Waals surface area contributed by atoms with Crippen molar-refractivity contribution < 1.29 is 4.79 Å². The van der Waals surface area contributed by atoms with E-state index in [-0.39, 0.29) is 11.9 Å². The summed E-state index contributed by atoms with van der Waals surface area (Å²) in [7, 11) is 1.79. The SMILES string of the molecule is CC(C)Nc1ncccc1C(=O)N(C)CCn1cccn1. The number of hydrogen-bond donors (Lipinski definition) is 1. The Hall–Kier alpha value is -2.37. The zero-order valence-corrected chi connectivity index (χ0v) is 12.7. The van der Waals surface area contributed by atoms with Gasteiger partial charge in [0.2, 0.25) is 0 Å². The minimum absolute atomic E-state index is 0.0431. The van der Waals surface area contributed by atoms with Crippen molar-refractivity contribution in [3.63, 3.8) is 0 Å². The van der Waals surface area contributed by atoms with Gasteiger partial charge in [-0.2, -0.15) is 5.10 Å². The molecule has 0 fully saturated rings. The van der Waals surface area contributed by atoms with E-state index in [1.54, 1.807) is 41.2 Å². The highest BCUT2D eigenvalue weighted by Crippen LogP contribution is 2.14. The van der Waals surface area contributed by atoms with Crippen molar-refractivity contribution in [3.8, 4) is 0 Å². The molecule has 2 heterocycles. The fourth-order valence-electron chi connectivity index (χ4n) is 1.96. The first-order valence-electron chi connectivity index (χ1n) is 7.02. The molecule has 21 heavy (non-hydrogen) atoms. The van der Waals surface area contributed by atoms with E-state index in [2.05, 4.69) is 15.4 Å². The molecule has 0 aliphatic carbocycles. The van der Waals surface area contributed by atoms with Gasteiger partial charge in [0.05, 0.1) is 12.1 Å². The van der Waals surface area contributed by atoms with Gasteiger partial charge >= 0.3 is 0 Å². The Morgan fingerprint density at radius 1 is 1.38 bits per heavy atom. The average molecular weight is 287 g/mol. The molecule has 0 saturated heterocycles. The minimum Gasteiger partial charge on any atom is -0.367 e. The molecule has 0 spiro atoms.